The van der Waals surface area contributed by atoms with Crippen molar-refractivity contribution in [2.24, 2.45) is 0 Å². The van der Waals surface area contributed by atoms with Crippen molar-refractivity contribution in [2.45, 2.75) is 32.0 Å². The number of anilines is 1. The van der Waals surface area contributed by atoms with Crippen LogP contribution in [-0.4, -0.2) is 27.9 Å². The molecule has 3 rings (SSSR count). The number of fused-ring (bicyclic) bond motifs is 1. The number of nitrogens with one attached hydrogen (secondary N) is 2. The van der Waals surface area contributed by atoms with Gasteiger partial charge in [0.2, 0.25) is 0 Å². The molecule has 1 aromatic heterocycles. The zero-order valence-electron chi connectivity index (χ0n) is 15.0. The van der Waals surface area contributed by atoms with Crippen molar-refractivity contribution in [2.75, 3.05) is 11.9 Å². The number of imidazole rings is 1. The number of alkyl halides is 3. The van der Waals surface area contributed by atoms with E-state index in [0.717, 1.165) is 25.0 Å². The Hall–Kier alpha value is -3.10. The minimum atomic E-state index is -4.45. The second-order valence-corrected chi connectivity index (χ2v) is 6.37. The van der Waals surface area contributed by atoms with E-state index in [1.54, 1.807) is 10.6 Å². The predicted molar refractivity (Wildman–Crippen MR) is 97.1 cm³/mol. The molecule has 0 fully saturated rings. The summed E-state index contributed by atoms with van der Waals surface area (Å²) in [6.45, 7) is 4.36. The third-order valence-electron chi connectivity index (χ3n) is 4.41. The molecule has 0 radical (unpaired) electrons. The Morgan fingerprint density at radius 2 is 1.89 bits per heavy atom. The van der Waals surface area contributed by atoms with Crippen molar-refractivity contribution in [3.8, 4) is 0 Å². The van der Waals surface area contributed by atoms with Crippen LogP contribution in [0.15, 0.2) is 36.9 Å². The van der Waals surface area contributed by atoms with E-state index in [1.165, 1.54) is 12.1 Å². The van der Waals surface area contributed by atoms with Gasteiger partial charge in [-0.1, -0.05) is 6.08 Å². The highest BCUT2D eigenvalue weighted by molar-refractivity contribution is 6.03. The molecule has 6 nitrogen and oxygen atoms in total. The minimum absolute atomic E-state index is 0.0679. The second kappa shape index (κ2) is 7.87. The van der Waals surface area contributed by atoms with Crippen molar-refractivity contribution in [1.29, 1.82) is 0 Å². The molecule has 2 aromatic rings. The van der Waals surface area contributed by atoms with Crippen LogP contribution in [0.5, 0.6) is 0 Å². The van der Waals surface area contributed by atoms with E-state index in [0.29, 0.717) is 18.7 Å². The van der Waals surface area contributed by atoms with Gasteiger partial charge in [0.1, 0.15) is 5.69 Å². The van der Waals surface area contributed by atoms with Crippen LogP contribution in [0.25, 0.3) is 0 Å². The quantitative estimate of drug-likeness (QED) is 0.766. The van der Waals surface area contributed by atoms with Gasteiger partial charge >= 0.3 is 6.18 Å². The topological polar surface area (TPSA) is 76.0 Å². The Kier molecular flexibility index (Phi) is 5.53. The zero-order chi connectivity index (χ0) is 20.3. The van der Waals surface area contributed by atoms with Gasteiger partial charge in [0.05, 0.1) is 11.3 Å². The normalized spacial score (nSPS) is 13.5. The first kappa shape index (κ1) is 19.7. The number of halogens is 3. The number of carbonyl (C=O) groups is 2. The summed E-state index contributed by atoms with van der Waals surface area (Å²) in [5, 5.41) is 5.19. The van der Waals surface area contributed by atoms with Gasteiger partial charge < -0.3 is 15.2 Å². The Bertz CT molecular complexity index is 901. The molecular weight excluding hydrogens is 373 g/mol. The van der Waals surface area contributed by atoms with E-state index in [9.17, 15) is 22.8 Å². The minimum Gasteiger partial charge on any atom is -0.347 e. The van der Waals surface area contributed by atoms with Crippen LogP contribution in [0, 0.1) is 0 Å². The van der Waals surface area contributed by atoms with Crippen LogP contribution < -0.4 is 10.6 Å². The standard InChI is InChI=1S/C19H19F3N4O2/c1-2-10-23-17(27)15-14-5-3-4-11-26(14)16(25-15)18(28)24-13-8-6-12(7-9-13)19(20,21)22/h2,6-9H,1,3-5,10-11H2,(H,23,27)(H,24,28). The number of amides is 2. The van der Waals surface area contributed by atoms with Gasteiger partial charge in [-0.15, -0.1) is 6.58 Å². The van der Waals surface area contributed by atoms with E-state index >= 15 is 0 Å². The molecule has 1 aliphatic rings. The first-order valence-electron chi connectivity index (χ1n) is 8.78. The molecule has 2 amide bonds. The number of carbonyl (C=O) groups excluding carboxylic acids is 2. The number of rotatable bonds is 5. The summed E-state index contributed by atoms with van der Waals surface area (Å²) in [5.74, 6) is -0.900. The van der Waals surface area contributed by atoms with Crippen LogP contribution in [0.3, 0.4) is 0 Å². The van der Waals surface area contributed by atoms with E-state index in [-0.39, 0.29) is 29.7 Å². The molecule has 28 heavy (non-hydrogen) atoms. The average Bonchev–Trinajstić information content (AvgIpc) is 3.06. The fourth-order valence-corrected chi connectivity index (χ4v) is 3.08. The van der Waals surface area contributed by atoms with Gasteiger partial charge in [-0.05, 0) is 43.5 Å². The highest BCUT2D eigenvalue weighted by Crippen LogP contribution is 2.30. The average molecular weight is 392 g/mol. The van der Waals surface area contributed by atoms with Gasteiger partial charge in [0.15, 0.2) is 5.82 Å². The van der Waals surface area contributed by atoms with Gasteiger partial charge in [0, 0.05) is 18.8 Å². The molecule has 2 heterocycles. The zero-order valence-corrected chi connectivity index (χ0v) is 15.0. The van der Waals surface area contributed by atoms with Crippen molar-refractivity contribution >= 4 is 17.5 Å². The maximum Gasteiger partial charge on any atom is 0.416 e. The molecule has 0 saturated carbocycles. The Labute approximate surface area is 159 Å². The smallest absolute Gasteiger partial charge is 0.347 e. The van der Waals surface area contributed by atoms with Crippen LogP contribution in [0.4, 0.5) is 18.9 Å². The van der Waals surface area contributed by atoms with Gasteiger partial charge in [0.25, 0.3) is 11.8 Å². The molecule has 0 atom stereocenters. The maximum absolute atomic E-state index is 12.7. The van der Waals surface area contributed by atoms with E-state index in [1.807, 2.05) is 0 Å². The highest BCUT2D eigenvalue weighted by Gasteiger charge is 2.30. The largest absolute Gasteiger partial charge is 0.416 e. The van der Waals surface area contributed by atoms with Crippen LogP contribution in [0.2, 0.25) is 0 Å². The first-order valence-corrected chi connectivity index (χ1v) is 8.78. The Morgan fingerprint density at radius 1 is 1.18 bits per heavy atom. The van der Waals surface area contributed by atoms with Gasteiger partial charge in [-0.25, -0.2) is 4.98 Å². The molecule has 1 aromatic carbocycles. The lowest BCUT2D eigenvalue weighted by Gasteiger charge is -2.17. The third kappa shape index (κ3) is 4.08. The Balaban J connectivity index is 1.84. The lowest BCUT2D eigenvalue weighted by molar-refractivity contribution is -0.137. The molecule has 2 N–H and O–H groups in total. The lowest BCUT2D eigenvalue weighted by Crippen LogP contribution is -2.25. The number of aromatic nitrogens is 2. The number of nitrogens with zero attached hydrogens (tertiary/aromatic N) is 2. The summed E-state index contributed by atoms with van der Waals surface area (Å²) < 4.78 is 39.7. The van der Waals surface area contributed by atoms with Crippen LogP contribution >= 0.6 is 0 Å². The lowest BCUT2D eigenvalue weighted by atomic mass is 10.1. The molecule has 148 valence electrons. The van der Waals surface area contributed by atoms with E-state index < -0.39 is 17.6 Å². The molecule has 0 aliphatic carbocycles. The fraction of sp³-hybridized carbons (Fsp3) is 0.316. The monoisotopic (exact) mass is 392 g/mol. The van der Waals surface area contributed by atoms with Gasteiger partial charge in [-0.2, -0.15) is 13.2 Å². The summed E-state index contributed by atoms with van der Waals surface area (Å²) in [5.41, 5.74) is 0.290. The second-order valence-electron chi connectivity index (χ2n) is 6.37. The first-order chi connectivity index (χ1) is 13.3. The number of hydrogen-bond donors (Lipinski definition) is 2. The van der Waals surface area contributed by atoms with Crippen molar-refractivity contribution in [1.82, 2.24) is 14.9 Å². The maximum atomic E-state index is 12.7. The summed E-state index contributed by atoms with van der Waals surface area (Å²) in [6, 6.07) is 4.15. The summed E-state index contributed by atoms with van der Waals surface area (Å²) in [4.78, 5) is 29.2. The summed E-state index contributed by atoms with van der Waals surface area (Å²) >= 11 is 0. The van der Waals surface area contributed by atoms with Gasteiger partial charge in [-0.3, -0.25) is 9.59 Å². The molecular formula is C19H19F3N4O2. The summed E-state index contributed by atoms with van der Waals surface area (Å²) in [7, 11) is 0. The SMILES string of the molecule is C=CCNC(=O)c1nc(C(=O)Nc2ccc(C(F)(F)F)cc2)n2c1CCCC2. The number of hydrogen-bond acceptors (Lipinski definition) is 3. The Morgan fingerprint density at radius 3 is 2.54 bits per heavy atom. The predicted octanol–water partition coefficient (Wildman–Crippen LogP) is 3.41. The van der Waals surface area contributed by atoms with Crippen LogP contribution in [0.1, 0.15) is 45.2 Å². The molecule has 0 saturated heterocycles. The van der Waals surface area contributed by atoms with E-state index in [4.69, 9.17) is 0 Å². The fourth-order valence-electron chi connectivity index (χ4n) is 3.08. The van der Waals surface area contributed by atoms with Crippen LogP contribution in [-0.2, 0) is 19.1 Å². The highest BCUT2D eigenvalue weighted by atomic mass is 19.4. The molecule has 1 aliphatic heterocycles. The van der Waals surface area contributed by atoms with Crippen molar-refractivity contribution < 1.29 is 22.8 Å². The number of benzene rings is 1. The molecule has 0 unspecified atom stereocenters. The van der Waals surface area contributed by atoms with Crippen molar-refractivity contribution in [3.05, 3.63) is 59.7 Å². The third-order valence-corrected chi connectivity index (χ3v) is 4.41. The summed E-state index contributed by atoms with van der Waals surface area (Å²) in [6.07, 6.45) is -0.556. The van der Waals surface area contributed by atoms with E-state index in [2.05, 4.69) is 22.2 Å². The molecule has 0 bridgehead atoms. The molecule has 0 spiro atoms. The molecule has 9 heteroatoms. The van der Waals surface area contributed by atoms with Crippen molar-refractivity contribution in [3.63, 3.8) is 0 Å².